The zero-order valence-electron chi connectivity index (χ0n) is 13.6. The van der Waals surface area contributed by atoms with Crippen molar-refractivity contribution in [1.29, 1.82) is 0 Å². The average molecular weight is 321 g/mol. The molecule has 3 aromatic rings. The topological polar surface area (TPSA) is 62.5 Å². The first-order valence-electron chi connectivity index (χ1n) is 8.41. The largest absolute Gasteiger partial charge is 0.351 e. The molecule has 1 aliphatic heterocycles. The van der Waals surface area contributed by atoms with Crippen molar-refractivity contribution >= 4 is 17.2 Å². The highest BCUT2D eigenvalue weighted by molar-refractivity contribution is 5.69. The zero-order valence-corrected chi connectivity index (χ0v) is 13.6. The molecule has 122 valence electrons. The zero-order chi connectivity index (χ0) is 16.1. The van der Waals surface area contributed by atoms with Crippen molar-refractivity contribution < 1.29 is 0 Å². The molecule has 0 unspecified atom stereocenters. The third-order valence-corrected chi connectivity index (χ3v) is 5.18. The average Bonchev–Trinajstić information content (AvgIpc) is 3.21. The van der Waals surface area contributed by atoms with E-state index >= 15 is 0 Å². The van der Waals surface area contributed by atoms with Crippen molar-refractivity contribution in [2.45, 2.75) is 25.3 Å². The Morgan fingerprint density at radius 1 is 1.17 bits per heavy atom. The Morgan fingerprint density at radius 3 is 3.00 bits per heavy atom. The van der Waals surface area contributed by atoms with Crippen molar-refractivity contribution in [3.8, 4) is 0 Å². The number of aromatic nitrogens is 5. The molecule has 0 saturated carbocycles. The van der Waals surface area contributed by atoms with Gasteiger partial charge in [0.1, 0.15) is 5.52 Å². The van der Waals surface area contributed by atoms with Gasteiger partial charge in [-0.1, -0.05) is 0 Å². The summed E-state index contributed by atoms with van der Waals surface area (Å²) < 4.78 is 1.86. The molecule has 5 rings (SSSR count). The monoisotopic (exact) mass is 321 g/mol. The lowest BCUT2D eigenvalue weighted by molar-refractivity contribution is 0.488. The maximum absolute atomic E-state index is 4.55. The number of aryl methyl sites for hydroxylation is 2. The molecular weight excluding hydrogens is 302 g/mol. The van der Waals surface area contributed by atoms with Gasteiger partial charge in [-0.15, -0.1) is 5.10 Å². The van der Waals surface area contributed by atoms with Crippen LogP contribution < -0.4 is 9.80 Å². The van der Waals surface area contributed by atoms with E-state index < -0.39 is 0 Å². The molecule has 0 radical (unpaired) electrons. The van der Waals surface area contributed by atoms with E-state index in [9.17, 15) is 0 Å². The van der Waals surface area contributed by atoms with E-state index in [4.69, 9.17) is 0 Å². The highest BCUT2D eigenvalue weighted by atomic mass is 15.4. The van der Waals surface area contributed by atoms with E-state index in [2.05, 4.69) is 43.2 Å². The fourth-order valence-electron chi connectivity index (χ4n) is 3.65. The molecule has 1 aliphatic carbocycles. The van der Waals surface area contributed by atoms with Crippen LogP contribution in [0.25, 0.3) is 5.52 Å². The van der Waals surface area contributed by atoms with E-state index in [0.717, 1.165) is 43.1 Å². The normalized spacial score (nSPS) is 17.1. The Hall–Kier alpha value is -2.70. The summed E-state index contributed by atoms with van der Waals surface area (Å²) in [5.41, 5.74) is 3.60. The van der Waals surface area contributed by atoms with Crippen LogP contribution in [0.3, 0.4) is 0 Å². The predicted molar refractivity (Wildman–Crippen MR) is 91.4 cm³/mol. The predicted octanol–water partition coefficient (Wildman–Crippen LogP) is 1.33. The van der Waals surface area contributed by atoms with Gasteiger partial charge in [0.2, 0.25) is 0 Å². The number of fused-ring (bicyclic) bond motifs is 2. The fraction of sp³-hybridized carbons (Fsp3) is 0.412. The van der Waals surface area contributed by atoms with Crippen LogP contribution in [0, 0.1) is 0 Å². The number of anilines is 2. The highest BCUT2D eigenvalue weighted by Crippen LogP contribution is 2.28. The Balaban J connectivity index is 1.33. The van der Waals surface area contributed by atoms with E-state index in [0.29, 0.717) is 6.04 Å². The molecule has 0 atom stereocenters. The molecule has 7 nitrogen and oxygen atoms in total. The lowest BCUT2D eigenvalue weighted by Crippen LogP contribution is -2.59. The third-order valence-electron chi connectivity index (χ3n) is 5.18. The second-order valence-corrected chi connectivity index (χ2v) is 6.61. The van der Waals surface area contributed by atoms with Gasteiger partial charge in [0, 0.05) is 32.5 Å². The van der Waals surface area contributed by atoms with Gasteiger partial charge in [0.15, 0.2) is 11.6 Å². The molecule has 0 aromatic carbocycles. The minimum absolute atomic E-state index is 0.425. The molecule has 24 heavy (non-hydrogen) atoms. The van der Waals surface area contributed by atoms with Crippen molar-refractivity contribution in [3.63, 3.8) is 0 Å². The Labute approximate surface area is 139 Å². The molecular formula is C17H19N7. The molecule has 4 heterocycles. The van der Waals surface area contributed by atoms with Crippen molar-refractivity contribution in [2.24, 2.45) is 0 Å². The first-order valence-corrected chi connectivity index (χ1v) is 8.41. The van der Waals surface area contributed by atoms with Crippen molar-refractivity contribution in [1.82, 2.24) is 24.8 Å². The fourth-order valence-corrected chi connectivity index (χ4v) is 3.65. The first-order chi connectivity index (χ1) is 11.8. The maximum atomic E-state index is 4.55. The summed E-state index contributed by atoms with van der Waals surface area (Å²) in [7, 11) is 2.10. The molecule has 1 fully saturated rings. The van der Waals surface area contributed by atoms with Crippen LogP contribution in [0.1, 0.15) is 17.7 Å². The van der Waals surface area contributed by atoms with Crippen LogP contribution in [0.2, 0.25) is 0 Å². The van der Waals surface area contributed by atoms with Crippen LogP contribution in [0.5, 0.6) is 0 Å². The Morgan fingerprint density at radius 2 is 2.08 bits per heavy atom. The summed E-state index contributed by atoms with van der Waals surface area (Å²) >= 11 is 0. The summed E-state index contributed by atoms with van der Waals surface area (Å²) in [6.07, 6.45) is 8.91. The van der Waals surface area contributed by atoms with Crippen LogP contribution >= 0.6 is 0 Å². The molecule has 7 heteroatoms. The second-order valence-electron chi connectivity index (χ2n) is 6.61. The lowest BCUT2D eigenvalue weighted by atomic mass is 10.1. The summed E-state index contributed by atoms with van der Waals surface area (Å²) in [5.74, 6) is 1.98. The number of hydrogen-bond donors (Lipinski definition) is 0. The van der Waals surface area contributed by atoms with Crippen LogP contribution in [0.15, 0.2) is 30.7 Å². The van der Waals surface area contributed by atoms with Gasteiger partial charge in [-0.05, 0) is 37.0 Å². The Kier molecular flexibility index (Phi) is 2.95. The van der Waals surface area contributed by atoms with Crippen LogP contribution in [-0.4, -0.2) is 51.0 Å². The van der Waals surface area contributed by atoms with Gasteiger partial charge in [-0.25, -0.2) is 9.50 Å². The van der Waals surface area contributed by atoms with Crippen molar-refractivity contribution in [2.75, 3.05) is 29.9 Å². The lowest BCUT2D eigenvalue weighted by Gasteiger charge is -2.45. The van der Waals surface area contributed by atoms with E-state index in [-0.39, 0.29) is 0 Å². The molecule has 0 spiro atoms. The first kappa shape index (κ1) is 13.7. The summed E-state index contributed by atoms with van der Waals surface area (Å²) in [5, 5.41) is 13.1. The van der Waals surface area contributed by atoms with Crippen LogP contribution in [0.4, 0.5) is 11.6 Å². The molecule has 0 amide bonds. The minimum Gasteiger partial charge on any atom is -0.351 e. The quantitative estimate of drug-likeness (QED) is 0.725. The van der Waals surface area contributed by atoms with Crippen molar-refractivity contribution in [3.05, 3.63) is 42.0 Å². The van der Waals surface area contributed by atoms with Gasteiger partial charge in [-0.2, -0.15) is 10.2 Å². The standard InChI is InChI=1S/C17H19N7/c1-22(17-15-5-6-19-24(15)8-7-18-17)13-10-23(11-13)16-9-12-3-2-4-14(12)20-21-16/h5-9,13H,2-4,10-11H2,1H3. The smallest absolute Gasteiger partial charge is 0.154 e. The van der Waals surface area contributed by atoms with Gasteiger partial charge < -0.3 is 9.80 Å². The highest BCUT2D eigenvalue weighted by Gasteiger charge is 2.33. The van der Waals surface area contributed by atoms with Gasteiger partial charge >= 0.3 is 0 Å². The maximum Gasteiger partial charge on any atom is 0.154 e. The van der Waals surface area contributed by atoms with Gasteiger partial charge in [0.25, 0.3) is 0 Å². The Bertz CT molecular complexity index is 897. The second kappa shape index (κ2) is 5.15. The molecule has 0 N–H and O–H groups in total. The molecule has 0 bridgehead atoms. The summed E-state index contributed by atoms with van der Waals surface area (Å²) in [6.45, 7) is 1.89. The molecule has 3 aromatic heterocycles. The summed E-state index contributed by atoms with van der Waals surface area (Å²) in [4.78, 5) is 9.08. The number of rotatable bonds is 3. The summed E-state index contributed by atoms with van der Waals surface area (Å²) in [6, 6.07) is 4.65. The van der Waals surface area contributed by atoms with Gasteiger partial charge in [-0.3, -0.25) is 0 Å². The van der Waals surface area contributed by atoms with E-state index in [1.165, 1.54) is 17.7 Å². The minimum atomic E-state index is 0.425. The van der Waals surface area contributed by atoms with E-state index in [1.807, 2.05) is 23.0 Å². The van der Waals surface area contributed by atoms with E-state index in [1.54, 1.807) is 6.20 Å². The molecule has 1 saturated heterocycles. The SMILES string of the molecule is CN(c1nccn2nccc12)C1CN(c2cc3c(nn2)CCC3)C1. The van der Waals surface area contributed by atoms with Gasteiger partial charge in [0.05, 0.1) is 17.9 Å². The van der Waals surface area contributed by atoms with Crippen LogP contribution in [-0.2, 0) is 12.8 Å². The number of nitrogens with zero attached hydrogens (tertiary/aromatic N) is 7. The molecule has 2 aliphatic rings. The number of likely N-dealkylation sites (N-methyl/N-ethyl adjacent to an activating group) is 1. The number of hydrogen-bond acceptors (Lipinski definition) is 6. The third kappa shape index (κ3) is 2.04.